The van der Waals surface area contributed by atoms with Gasteiger partial charge in [-0.15, -0.1) is 0 Å². The smallest absolute Gasteiger partial charge is 0.244 e. The van der Waals surface area contributed by atoms with Crippen LogP contribution in [0.3, 0.4) is 0 Å². The number of furan rings is 1. The van der Waals surface area contributed by atoms with Crippen molar-refractivity contribution in [3.8, 4) is 0 Å². The number of nitrogens with one attached hydrogen (secondary N) is 2. The first-order valence-electron chi connectivity index (χ1n) is 8.32. The summed E-state index contributed by atoms with van der Waals surface area (Å²) in [5.41, 5.74) is 0.501. The second kappa shape index (κ2) is 7.53. The number of nitrogens with zero attached hydrogens (tertiary/aromatic N) is 1. The fourth-order valence-corrected chi connectivity index (χ4v) is 3.95. The van der Waals surface area contributed by atoms with Crippen LogP contribution in [0.5, 0.6) is 0 Å². The van der Waals surface area contributed by atoms with Gasteiger partial charge in [0.2, 0.25) is 10.0 Å². The van der Waals surface area contributed by atoms with E-state index in [9.17, 15) is 12.8 Å². The molecule has 3 atom stereocenters. The minimum Gasteiger partial charge on any atom is -0.469 e. The summed E-state index contributed by atoms with van der Waals surface area (Å²) in [6.45, 7) is 2.10. The van der Waals surface area contributed by atoms with Gasteiger partial charge in [0.1, 0.15) is 10.7 Å². The fraction of sp³-hybridized carbons (Fsp3) is 0.471. The van der Waals surface area contributed by atoms with Crippen molar-refractivity contribution in [1.29, 1.82) is 0 Å². The van der Waals surface area contributed by atoms with Crippen LogP contribution in [-0.4, -0.2) is 32.7 Å². The summed E-state index contributed by atoms with van der Waals surface area (Å²) in [6, 6.07) is 5.47. The van der Waals surface area contributed by atoms with Crippen LogP contribution in [0.2, 0.25) is 0 Å². The van der Waals surface area contributed by atoms with E-state index in [1.807, 2.05) is 12.1 Å². The molecule has 1 aliphatic rings. The van der Waals surface area contributed by atoms with Gasteiger partial charge < -0.3 is 9.73 Å². The van der Waals surface area contributed by atoms with Crippen LogP contribution in [-0.2, 0) is 10.0 Å². The Bertz CT molecular complexity index is 793. The summed E-state index contributed by atoms with van der Waals surface area (Å²) in [5.74, 6) is 1.76. The van der Waals surface area contributed by atoms with Crippen molar-refractivity contribution in [3.05, 3.63) is 42.6 Å². The molecule has 0 spiro atoms. The van der Waals surface area contributed by atoms with Gasteiger partial charge in [0.25, 0.3) is 0 Å². The summed E-state index contributed by atoms with van der Waals surface area (Å²) in [5, 5.41) is 3.20. The maximum atomic E-state index is 12.9. The molecule has 0 bridgehead atoms. The van der Waals surface area contributed by atoms with Crippen molar-refractivity contribution >= 4 is 15.7 Å². The Morgan fingerprint density at radius 1 is 1.44 bits per heavy atom. The molecular weight excluding hydrogens is 345 g/mol. The Morgan fingerprint density at radius 2 is 2.28 bits per heavy atom. The summed E-state index contributed by atoms with van der Waals surface area (Å²) < 4.78 is 45.5. The molecule has 0 aliphatic heterocycles. The molecule has 1 fully saturated rings. The SMILES string of the molecule is C[C@H](F)CCNS(=O)(=O)c1cnccc1NC[C@@H]1C[C@H]1c1ccco1. The van der Waals surface area contributed by atoms with Gasteiger partial charge in [-0.05, 0) is 43.9 Å². The van der Waals surface area contributed by atoms with Crippen LogP contribution < -0.4 is 10.0 Å². The van der Waals surface area contributed by atoms with Gasteiger partial charge in [0.15, 0.2) is 0 Å². The minimum atomic E-state index is -3.73. The second-order valence-electron chi connectivity index (χ2n) is 6.34. The normalized spacial score (nSPS) is 21.0. The standard InChI is InChI=1S/C17H22FN3O3S/c1-12(18)4-7-21-25(22,23)17-11-19-6-5-15(17)20-10-13-9-14(13)16-3-2-8-24-16/h2-3,5-6,8,11-14,21H,4,7,9-10H2,1H3,(H,19,20)/t12-,13-,14+/m0/s1. The Balaban J connectivity index is 1.61. The predicted molar refractivity (Wildman–Crippen MR) is 92.7 cm³/mol. The van der Waals surface area contributed by atoms with Crippen molar-refractivity contribution in [2.75, 3.05) is 18.4 Å². The van der Waals surface area contributed by atoms with E-state index < -0.39 is 16.2 Å². The summed E-state index contributed by atoms with van der Waals surface area (Å²) in [4.78, 5) is 3.99. The molecule has 8 heteroatoms. The predicted octanol–water partition coefficient (Wildman–Crippen LogP) is 2.92. The van der Waals surface area contributed by atoms with Crippen molar-refractivity contribution < 1.29 is 17.2 Å². The maximum Gasteiger partial charge on any atom is 0.244 e. The fourth-order valence-electron chi connectivity index (χ4n) is 2.78. The topological polar surface area (TPSA) is 84.2 Å². The number of pyridine rings is 1. The molecule has 0 amide bonds. The van der Waals surface area contributed by atoms with Crippen molar-refractivity contribution in [2.45, 2.75) is 36.8 Å². The van der Waals surface area contributed by atoms with Gasteiger partial charge in [0, 0.05) is 31.4 Å². The lowest BCUT2D eigenvalue weighted by atomic mass is 10.2. The van der Waals surface area contributed by atoms with E-state index in [1.165, 1.54) is 13.1 Å². The van der Waals surface area contributed by atoms with Crippen LogP contribution in [0.4, 0.5) is 10.1 Å². The number of anilines is 1. The third kappa shape index (κ3) is 4.58. The Morgan fingerprint density at radius 3 is 3.00 bits per heavy atom. The molecule has 0 saturated heterocycles. The lowest BCUT2D eigenvalue weighted by molar-refractivity contribution is 0.342. The average molecular weight is 367 g/mol. The van der Waals surface area contributed by atoms with E-state index in [4.69, 9.17) is 4.42 Å². The lowest BCUT2D eigenvalue weighted by Gasteiger charge is -2.13. The molecule has 2 N–H and O–H groups in total. The number of hydrogen-bond acceptors (Lipinski definition) is 5. The molecule has 0 radical (unpaired) electrons. The van der Waals surface area contributed by atoms with E-state index in [0.29, 0.717) is 24.1 Å². The zero-order chi connectivity index (χ0) is 17.9. The highest BCUT2D eigenvalue weighted by Crippen LogP contribution is 2.47. The molecule has 0 aromatic carbocycles. The van der Waals surface area contributed by atoms with Gasteiger partial charge in [-0.3, -0.25) is 4.98 Å². The Kier molecular flexibility index (Phi) is 5.39. The number of alkyl halides is 1. The first kappa shape index (κ1) is 17.9. The number of rotatable bonds is 9. The van der Waals surface area contributed by atoms with Crippen molar-refractivity contribution in [1.82, 2.24) is 9.71 Å². The van der Waals surface area contributed by atoms with Gasteiger partial charge in [0.05, 0.1) is 18.1 Å². The van der Waals surface area contributed by atoms with Crippen LogP contribution in [0.1, 0.15) is 31.4 Å². The van der Waals surface area contributed by atoms with Gasteiger partial charge in [-0.1, -0.05) is 0 Å². The largest absolute Gasteiger partial charge is 0.469 e. The zero-order valence-corrected chi connectivity index (χ0v) is 14.8. The molecule has 3 rings (SSSR count). The first-order chi connectivity index (χ1) is 12.0. The summed E-state index contributed by atoms with van der Waals surface area (Å²) >= 11 is 0. The molecule has 0 unspecified atom stereocenters. The van der Waals surface area contributed by atoms with Gasteiger partial charge in [-0.2, -0.15) is 0 Å². The Hall–Kier alpha value is -1.93. The molecule has 1 aliphatic carbocycles. The van der Waals surface area contributed by atoms with Crippen LogP contribution in [0.15, 0.2) is 46.2 Å². The summed E-state index contributed by atoms with van der Waals surface area (Å²) in [7, 11) is -3.73. The quantitative estimate of drug-likeness (QED) is 0.712. The molecule has 25 heavy (non-hydrogen) atoms. The number of aromatic nitrogens is 1. The van der Waals surface area contributed by atoms with Gasteiger partial charge >= 0.3 is 0 Å². The van der Waals surface area contributed by atoms with E-state index in [2.05, 4.69) is 15.0 Å². The zero-order valence-electron chi connectivity index (χ0n) is 14.0. The van der Waals surface area contributed by atoms with E-state index >= 15 is 0 Å². The van der Waals surface area contributed by atoms with E-state index in [1.54, 1.807) is 18.5 Å². The molecule has 6 nitrogen and oxygen atoms in total. The number of sulfonamides is 1. The van der Waals surface area contributed by atoms with Crippen LogP contribution in [0, 0.1) is 5.92 Å². The highest BCUT2D eigenvalue weighted by molar-refractivity contribution is 7.89. The average Bonchev–Trinajstić information content (AvgIpc) is 3.13. The second-order valence-corrected chi connectivity index (χ2v) is 8.07. The molecule has 1 saturated carbocycles. The molecular formula is C17H22FN3O3S. The maximum absolute atomic E-state index is 12.9. The van der Waals surface area contributed by atoms with Gasteiger partial charge in [-0.25, -0.2) is 17.5 Å². The minimum absolute atomic E-state index is 0.0531. The highest BCUT2D eigenvalue weighted by Gasteiger charge is 2.40. The lowest BCUT2D eigenvalue weighted by Crippen LogP contribution is -2.27. The van der Waals surface area contributed by atoms with Crippen molar-refractivity contribution in [2.24, 2.45) is 5.92 Å². The van der Waals surface area contributed by atoms with E-state index in [0.717, 1.165) is 12.2 Å². The first-order valence-corrected chi connectivity index (χ1v) is 9.80. The number of hydrogen-bond donors (Lipinski definition) is 2. The molecule has 2 aromatic rings. The third-order valence-electron chi connectivity index (χ3n) is 4.29. The van der Waals surface area contributed by atoms with E-state index in [-0.39, 0.29) is 17.9 Å². The molecule has 2 heterocycles. The van der Waals surface area contributed by atoms with Crippen molar-refractivity contribution in [3.63, 3.8) is 0 Å². The summed E-state index contributed by atoms with van der Waals surface area (Å²) in [6.07, 6.45) is 4.61. The molecule has 136 valence electrons. The third-order valence-corrected chi connectivity index (χ3v) is 5.78. The monoisotopic (exact) mass is 367 g/mol. The van der Waals surface area contributed by atoms with Crippen LogP contribution in [0.25, 0.3) is 0 Å². The molecule has 2 aromatic heterocycles. The van der Waals surface area contributed by atoms with Crippen LogP contribution >= 0.6 is 0 Å². The highest BCUT2D eigenvalue weighted by atomic mass is 32.2. The Labute approximate surface area is 146 Å². The number of halogens is 1.